The third-order valence-electron chi connectivity index (χ3n) is 5.79. The van der Waals surface area contributed by atoms with Crippen molar-refractivity contribution >= 4 is 28.9 Å². The van der Waals surface area contributed by atoms with Crippen LogP contribution >= 0.6 is 0 Å². The van der Waals surface area contributed by atoms with E-state index in [4.69, 9.17) is 9.53 Å². The number of pyridine rings is 1. The smallest absolute Gasteiger partial charge is 0.270 e. The molecule has 0 aliphatic rings. The van der Waals surface area contributed by atoms with E-state index in [1.807, 2.05) is 20.8 Å². The number of hydrogen-bond acceptors (Lipinski definition) is 5. The van der Waals surface area contributed by atoms with Crippen molar-refractivity contribution < 1.29 is 27.5 Å². The van der Waals surface area contributed by atoms with Gasteiger partial charge in [0.15, 0.2) is 0 Å². The molecule has 2 N–H and O–H groups in total. The van der Waals surface area contributed by atoms with Gasteiger partial charge >= 0.3 is 0 Å². The van der Waals surface area contributed by atoms with E-state index in [1.165, 1.54) is 42.6 Å². The van der Waals surface area contributed by atoms with E-state index < -0.39 is 11.7 Å². The molecule has 0 aliphatic heterocycles. The number of amides is 2. The molecule has 0 saturated carbocycles. The van der Waals surface area contributed by atoms with Gasteiger partial charge in [0.1, 0.15) is 17.3 Å². The summed E-state index contributed by atoms with van der Waals surface area (Å²) in [5.41, 5.74) is 1.37. The van der Waals surface area contributed by atoms with Crippen LogP contribution in [0, 0.1) is 12.7 Å². The third-order valence-corrected chi connectivity index (χ3v) is 5.79. The Kier molecular flexibility index (Phi) is 9.18. The minimum atomic E-state index is -3.03. The molecule has 4 rings (SSSR count). The monoisotopic (exact) mass is 555 g/mol. The predicted molar refractivity (Wildman–Crippen MR) is 147 cm³/mol. The maximum absolute atomic E-state index is 14.9. The number of hydrogen-bond donors (Lipinski definition) is 2. The maximum atomic E-state index is 14.9. The van der Waals surface area contributed by atoms with Crippen LogP contribution < -0.4 is 15.4 Å². The average molecular weight is 556 g/mol. The number of rotatable bonds is 7. The van der Waals surface area contributed by atoms with Crippen LogP contribution in [0.3, 0.4) is 0 Å². The number of anilines is 1. The fourth-order valence-electron chi connectivity index (χ4n) is 3.70. The lowest BCUT2D eigenvalue weighted by molar-refractivity contribution is -0.115. The van der Waals surface area contributed by atoms with Gasteiger partial charge in [0.05, 0.1) is 29.4 Å². The van der Waals surface area contributed by atoms with Crippen LogP contribution in [0.1, 0.15) is 44.4 Å². The summed E-state index contributed by atoms with van der Waals surface area (Å²) in [5.74, 6) is -3.55. The van der Waals surface area contributed by atoms with Crippen LogP contribution in [-0.2, 0) is 27.5 Å². The molecule has 0 unspecified atom stereocenters. The van der Waals surface area contributed by atoms with Crippen LogP contribution in [0.25, 0.3) is 10.9 Å². The zero-order chi connectivity index (χ0) is 29.7. The number of carbonyl (C=O) groups is 2. The van der Waals surface area contributed by atoms with Gasteiger partial charge < -0.3 is 15.4 Å². The van der Waals surface area contributed by atoms with Crippen molar-refractivity contribution in [1.82, 2.24) is 20.1 Å². The van der Waals surface area contributed by atoms with Gasteiger partial charge in [0, 0.05) is 43.4 Å². The van der Waals surface area contributed by atoms with Gasteiger partial charge in [0.2, 0.25) is 12.3 Å². The number of carbonyl (C=O) groups excluding carboxylic acids is 2. The normalized spacial score (nSPS) is 11.4. The molecule has 0 fully saturated rings. The zero-order valence-corrected chi connectivity index (χ0v) is 23.2. The number of aromatic nitrogens is 3. The van der Waals surface area contributed by atoms with Gasteiger partial charge in [-0.25, -0.2) is 13.2 Å². The summed E-state index contributed by atoms with van der Waals surface area (Å²) in [6.07, 6.45) is 5.20. The maximum Gasteiger partial charge on any atom is 0.270 e. The first kappa shape index (κ1) is 30.1. The van der Waals surface area contributed by atoms with Gasteiger partial charge in [-0.1, -0.05) is 6.07 Å². The quantitative estimate of drug-likeness (QED) is 0.269. The van der Waals surface area contributed by atoms with Crippen molar-refractivity contribution in [3.05, 3.63) is 77.5 Å². The number of ether oxygens (including phenoxy) is 1. The Morgan fingerprint density at radius 3 is 2.40 bits per heavy atom. The molecule has 212 valence electrons. The Hall–Kier alpha value is -4.41. The van der Waals surface area contributed by atoms with Crippen molar-refractivity contribution in [2.75, 3.05) is 12.4 Å². The molecule has 2 amide bonds. The van der Waals surface area contributed by atoms with Crippen LogP contribution in [-0.4, -0.2) is 34.1 Å². The number of aryl methyl sites for hydroxylation is 1. The molecule has 0 radical (unpaired) electrons. The van der Waals surface area contributed by atoms with Crippen molar-refractivity contribution in [1.29, 1.82) is 0 Å². The first-order valence-corrected chi connectivity index (χ1v) is 12.4. The molecule has 0 spiro atoms. The second-order valence-electron chi connectivity index (χ2n) is 10.2. The second kappa shape index (κ2) is 12.2. The number of benzene rings is 2. The SMILES string of the molecule is CNC=O.Cc1cc(CC(=O)Nc2cnn(C(C)(C)C)c2)c(F)cc1Oc1ccnc2ccc(C(C)(F)F)cc12. The van der Waals surface area contributed by atoms with Crippen LogP contribution in [0.2, 0.25) is 0 Å². The molecular weight excluding hydrogens is 523 g/mol. The first-order valence-electron chi connectivity index (χ1n) is 12.4. The second-order valence-corrected chi connectivity index (χ2v) is 10.2. The molecule has 0 saturated heterocycles. The lowest BCUT2D eigenvalue weighted by atomic mass is 10.1. The number of alkyl halides is 2. The highest BCUT2D eigenvalue weighted by atomic mass is 19.3. The molecule has 2 aromatic heterocycles. The highest BCUT2D eigenvalue weighted by molar-refractivity contribution is 5.92. The van der Waals surface area contributed by atoms with E-state index in [2.05, 4.69) is 20.7 Å². The minimum absolute atomic E-state index is 0.176. The summed E-state index contributed by atoms with van der Waals surface area (Å²) in [6, 6.07) is 8.41. The highest BCUT2D eigenvalue weighted by Crippen LogP contribution is 2.35. The van der Waals surface area contributed by atoms with Crippen molar-refractivity contribution in [2.45, 2.75) is 52.5 Å². The molecule has 40 heavy (non-hydrogen) atoms. The number of nitrogens with zero attached hydrogens (tertiary/aromatic N) is 3. The van der Waals surface area contributed by atoms with Gasteiger partial charge in [0.25, 0.3) is 5.92 Å². The molecule has 8 nitrogen and oxygen atoms in total. The van der Waals surface area contributed by atoms with Gasteiger partial charge in [-0.15, -0.1) is 0 Å². The molecular formula is C29H32F3N5O3. The van der Waals surface area contributed by atoms with Crippen LogP contribution in [0.4, 0.5) is 18.9 Å². The summed E-state index contributed by atoms with van der Waals surface area (Å²) in [4.78, 5) is 25.8. The largest absolute Gasteiger partial charge is 0.456 e. The summed E-state index contributed by atoms with van der Waals surface area (Å²) >= 11 is 0. The Bertz CT molecular complexity index is 1510. The van der Waals surface area contributed by atoms with E-state index in [1.54, 1.807) is 31.0 Å². The topological polar surface area (TPSA) is 98.1 Å². The Morgan fingerprint density at radius 1 is 1.10 bits per heavy atom. The highest BCUT2D eigenvalue weighted by Gasteiger charge is 2.25. The Balaban J connectivity index is 0.00000103. The number of fused-ring (bicyclic) bond motifs is 1. The molecule has 0 atom stereocenters. The summed E-state index contributed by atoms with van der Waals surface area (Å²) < 4.78 is 50.3. The van der Waals surface area contributed by atoms with Gasteiger partial charge in [-0.2, -0.15) is 5.10 Å². The fraction of sp³-hybridized carbons (Fsp3) is 0.310. The lowest BCUT2D eigenvalue weighted by Gasteiger charge is -2.18. The zero-order valence-electron chi connectivity index (χ0n) is 23.2. The van der Waals surface area contributed by atoms with Crippen LogP contribution in [0.5, 0.6) is 11.5 Å². The molecule has 4 aromatic rings. The summed E-state index contributed by atoms with van der Waals surface area (Å²) in [6.45, 7) is 8.50. The molecule has 11 heteroatoms. The standard InChI is InChI=1S/C27H27F3N4O2.C2H5NO/c1-16-10-17(11-25(35)33-19-14-32-34(15-19)26(2,3)4)21(28)13-24(16)36-23-8-9-31-22-7-6-18(12-20(22)23)27(5,29)30;1-3-2-4/h6-10,12-15H,11H2,1-5H3,(H,33,35);2H,1H3,(H,3,4). The van der Waals surface area contributed by atoms with E-state index in [0.29, 0.717) is 28.6 Å². The summed E-state index contributed by atoms with van der Waals surface area (Å²) in [7, 11) is 1.56. The van der Waals surface area contributed by atoms with Crippen LogP contribution in [0.15, 0.2) is 55.0 Å². The van der Waals surface area contributed by atoms with Crippen molar-refractivity contribution in [3.63, 3.8) is 0 Å². The lowest BCUT2D eigenvalue weighted by Crippen LogP contribution is -2.22. The van der Waals surface area contributed by atoms with Gasteiger partial charge in [-0.05, 0) is 63.1 Å². The molecule has 2 heterocycles. The number of halogens is 3. The summed E-state index contributed by atoms with van der Waals surface area (Å²) in [5, 5.41) is 9.60. The van der Waals surface area contributed by atoms with Crippen molar-refractivity contribution in [3.8, 4) is 11.5 Å². The first-order chi connectivity index (χ1) is 18.7. The Morgan fingerprint density at radius 2 is 1.80 bits per heavy atom. The van der Waals surface area contributed by atoms with E-state index >= 15 is 0 Å². The predicted octanol–water partition coefficient (Wildman–Crippen LogP) is 6.08. The fourth-order valence-corrected chi connectivity index (χ4v) is 3.70. The molecule has 2 aromatic carbocycles. The van der Waals surface area contributed by atoms with E-state index in [0.717, 1.165) is 6.92 Å². The van der Waals surface area contributed by atoms with E-state index in [-0.39, 0.29) is 40.5 Å². The minimum Gasteiger partial charge on any atom is -0.456 e. The molecule has 0 bridgehead atoms. The van der Waals surface area contributed by atoms with E-state index in [9.17, 15) is 18.0 Å². The van der Waals surface area contributed by atoms with Crippen molar-refractivity contribution in [2.24, 2.45) is 0 Å². The third kappa shape index (κ3) is 7.58. The van der Waals surface area contributed by atoms with Gasteiger partial charge in [-0.3, -0.25) is 19.3 Å². The molecule has 0 aliphatic carbocycles. The average Bonchev–Trinajstić information content (AvgIpc) is 3.35. The Labute approximate surface area is 230 Å². The number of nitrogens with one attached hydrogen (secondary N) is 2.